The summed E-state index contributed by atoms with van der Waals surface area (Å²) >= 11 is 0. The third kappa shape index (κ3) is 4.47. The molecule has 2 aliphatic rings. The van der Waals surface area contributed by atoms with Crippen LogP contribution in [0.1, 0.15) is 51.9 Å². The third-order valence-corrected chi connectivity index (χ3v) is 3.90. The second kappa shape index (κ2) is 7.22. The molecular formula is C13H25ClN2O. The van der Waals surface area contributed by atoms with Gasteiger partial charge in [0.25, 0.3) is 0 Å². The van der Waals surface area contributed by atoms with Gasteiger partial charge in [-0.3, -0.25) is 4.79 Å². The zero-order chi connectivity index (χ0) is 11.4. The zero-order valence-electron chi connectivity index (χ0n) is 10.7. The van der Waals surface area contributed by atoms with E-state index in [2.05, 4.69) is 17.6 Å². The van der Waals surface area contributed by atoms with Gasteiger partial charge in [0.15, 0.2) is 0 Å². The van der Waals surface area contributed by atoms with Crippen LogP contribution >= 0.6 is 12.4 Å². The Morgan fingerprint density at radius 1 is 1.29 bits per heavy atom. The Labute approximate surface area is 111 Å². The number of nitrogens with one attached hydrogen (secondary N) is 2. The van der Waals surface area contributed by atoms with E-state index in [4.69, 9.17) is 0 Å². The summed E-state index contributed by atoms with van der Waals surface area (Å²) in [7, 11) is 0. The van der Waals surface area contributed by atoms with Crippen LogP contribution in [0.25, 0.3) is 0 Å². The van der Waals surface area contributed by atoms with E-state index >= 15 is 0 Å². The van der Waals surface area contributed by atoms with Gasteiger partial charge in [-0.05, 0) is 38.0 Å². The minimum atomic E-state index is 0. The van der Waals surface area contributed by atoms with Gasteiger partial charge in [0.2, 0.25) is 5.91 Å². The first-order chi connectivity index (χ1) is 7.78. The predicted octanol–water partition coefficient (Wildman–Crippen LogP) is 2.25. The summed E-state index contributed by atoms with van der Waals surface area (Å²) in [6, 6.07) is 1.40. The molecule has 17 heavy (non-hydrogen) atoms. The van der Waals surface area contributed by atoms with E-state index in [1.165, 1.54) is 25.7 Å². The predicted molar refractivity (Wildman–Crippen MR) is 72.5 cm³/mol. The SMILES string of the molecule is CCCCNC(=O)CC1CC2CCC(C1)N2.Cl. The Kier molecular flexibility index (Phi) is 6.28. The molecule has 2 rings (SSSR count). The first-order valence-corrected chi connectivity index (χ1v) is 6.80. The number of carbonyl (C=O) groups excluding carboxylic acids is 1. The molecule has 2 heterocycles. The maximum Gasteiger partial charge on any atom is 0.220 e. The van der Waals surface area contributed by atoms with Crippen molar-refractivity contribution >= 4 is 18.3 Å². The maximum absolute atomic E-state index is 11.7. The number of amides is 1. The molecule has 2 bridgehead atoms. The minimum Gasteiger partial charge on any atom is -0.356 e. The molecule has 2 saturated heterocycles. The Bertz CT molecular complexity index is 236. The fourth-order valence-electron chi connectivity index (χ4n) is 3.08. The topological polar surface area (TPSA) is 41.1 Å². The molecule has 3 nitrogen and oxygen atoms in total. The van der Waals surface area contributed by atoms with Crippen LogP contribution in [0.3, 0.4) is 0 Å². The van der Waals surface area contributed by atoms with Crippen LogP contribution in [0.2, 0.25) is 0 Å². The highest BCUT2D eigenvalue weighted by Gasteiger charge is 2.33. The third-order valence-electron chi connectivity index (χ3n) is 3.90. The van der Waals surface area contributed by atoms with Gasteiger partial charge < -0.3 is 10.6 Å². The summed E-state index contributed by atoms with van der Waals surface area (Å²) in [5, 5.41) is 6.64. The Morgan fingerprint density at radius 3 is 2.53 bits per heavy atom. The average Bonchev–Trinajstić information content (AvgIpc) is 2.58. The van der Waals surface area contributed by atoms with E-state index in [-0.39, 0.29) is 18.3 Å². The smallest absolute Gasteiger partial charge is 0.220 e. The number of hydrogen-bond acceptors (Lipinski definition) is 2. The molecule has 4 heteroatoms. The van der Waals surface area contributed by atoms with Crippen molar-refractivity contribution in [2.75, 3.05) is 6.54 Å². The highest BCUT2D eigenvalue weighted by Crippen LogP contribution is 2.32. The summed E-state index contributed by atoms with van der Waals surface area (Å²) in [6.07, 6.45) is 8.05. The lowest BCUT2D eigenvalue weighted by atomic mass is 9.89. The maximum atomic E-state index is 11.7. The van der Waals surface area contributed by atoms with Crippen molar-refractivity contribution in [1.82, 2.24) is 10.6 Å². The van der Waals surface area contributed by atoms with Crippen LogP contribution in [-0.2, 0) is 4.79 Å². The summed E-state index contributed by atoms with van der Waals surface area (Å²) in [5.41, 5.74) is 0. The van der Waals surface area contributed by atoms with E-state index < -0.39 is 0 Å². The van der Waals surface area contributed by atoms with Crippen molar-refractivity contribution in [3.05, 3.63) is 0 Å². The van der Waals surface area contributed by atoms with Crippen molar-refractivity contribution < 1.29 is 4.79 Å². The number of piperidine rings is 1. The minimum absolute atomic E-state index is 0. The van der Waals surface area contributed by atoms with Crippen LogP contribution in [0.5, 0.6) is 0 Å². The highest BCUT2D eigenvalue weighted by molar-refractivity contribution is 5.85. The normalized spacial score (nSPS) is 30.8. The fraction of sp³-hybridized carbons (Fsp3) is 0.923. The Balaban J connectivity index is 0.00000144. The van der Waals surface area contributed by atoms with Crippen LogP contribution in [-0.4, -0.2) is 24.5 Å². The second-order valence-corrected chi connectivity index (χ2v) is 5.38. The van der Waals surface area contributed by atoms with Gasteiger partial charge in [-0.2, -0.15) is 0 Å². The molecule has 0 aromatic carbocycles. The first-order valence-electron chi connectivity index (χ1n) is 6.80. The number of unbranched alkanes of at least 4 members (excludes halogenated alkanes) is 1. The van der Waals surface area contributed by atoms with Crippen molar-refractivity contribution in [3.63, 3.8) is 0 Å². The molecular weight excluding hydrogens is 236 g/mol. The molecule has 2 fully saturated rings. The van der Waals surface area contributed by atoms with E-state index in [0.29, 0.717) is 18.0 Å². The summed E-state index contributed by atoms with van der Waals surface area (Å²) in [4.78, 5) is 11.7. The van der Waals surface area contributed by atoms with Crippen LogP contribution in [0.15, 0.2) is 0 Å². The van der Waals surface area contributed by atoms with Gasteiger partial charge in [-0.25, -0.2) is 0 Å². The molecule has 1 amide bonds. The number of halogens is 1. The second-order valence-electron chi connectivity index (χ2n) is 5.38. The molecule has 2 unspecified atom stereocenters. The molecule has 0 spiro atoms. The number of hydrogen-bond donors (Lipinski definition) is 2. The van der Waals surface area contributed by atoms with E-state index in [1.807, 2.05) is 0 Å². The molecule has 2 N–H and O–H groups in total. The standard InChI is InChI=1S/C13H24N2O.ClH/c1-2-3-6-14-13(16)9-10-7-11-4-5-12(8-10)15-11;/h10-12,15H,2-9H2,1H3,(H,14,16);1H. The molecule has 0 aromatic rings. The Morgan fingerprint density at radius 2 is 1.94 bits per heavy atom. The molecule has 0 radical (unpaired) electrons. The lowest BCUT2D eigenvalue weighted by molar-refractivity contribution is -0.122. The molecule has 100 valence electrons. The van der Waals surface area contributed by atoms with Gasteiger partial charge in [-0.15, -0.1) is 12.4 Å². The summed E-state index contributed by atoms with van der Waals surface area (Å²) in [5.74, 6) is 0.889. The molecule has 0 aliphatic carbocycles. The van der Waals surface area contributed by atoms with Crippen LogP contribution in [0.4, 0.5) is 0 Å². The average molecular weight is 261 g/mol. The van der Waals surface area contributed by atoms with E-state index in [0.717, 1.165) is 25.8 Å². The van der Waals surface area contributed by atoms with Crippen molar-refractivity contribution in [3.8, 4) is 0 Å². The molecule has 0 saturated carbocycles. The lowest BCUT2D eigenvalue weighted by Gasteiger charge is -2.28. The quantitative estimate of drug-likeness (QED) is 0.745. The van der Waals surface area contributed by atoms with Gasteiger partial charge >= 0.3 is 0 Å². The summed E-state index contributed by atoms with van der Waals surface area (Å²) < 4.78 is 0. The van der Waals surface area contributed by atoms with Crippen LogP contribution in [0, 0.1) is 5.92 Å². The van der Waals surface area contributed by atoms with Gasteiger partial charge in [-0.1, -0.05) is 13.3 Å². The molecule has 2 aliphatic heterocycles. The molecule has 2 atom stereocenters. The monoisotopic (exact) mass is 260 g/mol. The van der Waals surface area contributed by atoms with Crippen molar-refractivity contribution in [2.24, 2.45) is 5.92 Å². The molecule has 0 aromatic heterocycles. The summed E-state index contributed by atoms with van der Waals surface area (Å²) in [6.45, 7) is 3.00. The zero-order valence-corrected chi connectivity index (χ0v) is 11.5. The highest BCUT2D eigenvalue weighted by atomic mass is 35.5. The van der Waals surface area contributed by atoms with E-state index in [9.17, 15) is 4.79 Å². The van der Waals surface area contributed by atoms with Crippen LogP contribution < -0.4 is 10.6 Å². The van der Waals surface area contributed by atoms with Gasteiger partial charge in [0.05, 0.1) is 0 Å². The van der Waals surface area contributed by atoms with Crippen molar-refractivity contribution in [1.29, 1.82) is 0 Å². The van der Waals surface area contributed by atoms with E-state index in [1.54, 1.807) is 0 Å². The lowest BCUT2D eigenvalue weighted by Crippen LogP contribution is -2.39. The largest absolute Gasteiger partial charge is 0.356 e. The van der Waals surface area contributed by atoms with Gasteiger partial charge in [0, 0.05) is 25.0 Å². The van der Waals surface area contributed by atoms with Crippen molar-refractivity contribution in [2.45, 2.75) is 64.0 Å². The Hall–Kier alpha value is -0.280. The first kappa shape index (κ1) is 14.8. The fourth-order valence-corrected chi connectivity index (χ4v) is 3.08. The van der Waals surface area contributed by atoms with Gasteiger partial charge in [0.1, 0.15) is 0 Å². The number of rotatable bonds is 5. The number of carbonyl (C=O) groups is 1. The number of fused-ring (bicyclic) bond motifs is 2.